The molecule has 0 saturated carbocycles. The van der Waals surface area contributed by atoms with Gasteiger partial charge >= 0.3 is 11.9 Å². The molecule has 0 fully saturated rings. The normalized spacial score (nSPS) is 13.3. The van der Waals surface area contributed by atoms with Crippen LogP contribution < -0.4 is 11.1 Å². The molecule has 0 heterocycles. The number of carboxylic acids is 1. The van der Waals surface area contributed by atoms with Crippen LogP contribution in [0.2, 0.25) is 0 Å². The molecule has 2 atom stereocenters. The molecule has 0 rings (SSSR count). The number of carbonyl (C=O) groups is 3. The molecule has 0 aliphatic rings. The summed E-state index contributed by atoms with van der Waals surface area (Å²) in [4.78, 5) is 35.9. The molecule has 0 aromatic carbocycles. The van der Waals surface area contributed by atoms with Gasteiger partial charge in [-0.15, -0.1) is 0 Å². The fourth-order valence-corrected chi connectivity index (χ4v) is 5.05. The van der Waals surface area contributed by atoms with Crippen LogP contribution in [0, 0.1) is 0 Å². The van der Waals surface area contributed by atoms with Crippen LogP contribution in [0.4, 0.5) is 0 Å². The molecule has 0 aliphatic carbocycles. The first kappa shape index (κ1) is 43.3. The molecule has 0 aliphatic heterocycles. The summed E-state index contributed by atoms with van der Waals surface area (Å²) < 4.78 is 5.77. The van der Waals surface area contributed by atoms with Crippen molar-refractivity contribution in [2.24, 2.45) is 5.73 Å². The van der Waals surface area contributed by atoms with E-state index in [-0.39, 0.29) is 18.0 Å². The van der Waals surface area contributed by atoms with Crippen molar-refractivity contribution in [3.8, 4) is 0 Å². The van der Waals surface area contributed by atoms with Crippen molar-refractivity contribution in [3.05, 3.63) is 48.6 Å². The molecule has 7 nitrogen and oxygen atoms in total. The molecule has 0 aromatic heterocycles. The third kappa shape index (κ3) is 30.0. The van der Waals surface area contributed by atoms with Gasteiger partial charge in [-0.3, -0.25) is 9.59 Å². The molecule has 264 valence electrons. The van der Waals surface area contributed by atoms with E-state index in [1.165, 1.54) is 57.8 Å². The van der Waals surface area contributed by atoms with Crippen LogP contribution in [0.1, 0.15) is 162 Å². The quantitative estimate of drug-likeness (QED) is 0.0381. The summed E-state index contributed by atoms with van der Waals surface area (Å²) in [6.07, 6.45) is 39.2. The van der Waals surface area contributed by atoms with Gasteiger partial charge in [-0.05, 0) is 95.7 Å². The Hall–Kier alpha value is -2.67. The Morgan fingerprint density at radius 1 is 0.674 bits per heavy atom. The topological polar surface area (TPSA) is 119 Å². The number of carbonyl (C=O) groups excluding carboxylic acids is 2. The number of unbranched alkanes of at least 4 members (excludes halogenated alkanes) is 14. The van der Waals surface area contributed by atoms with Gasteiger partial charge in [-0.25, -0.2) is 4.79 Å². The van der Waals surface area contributed by atoms with Crippen molar-refractivity contribution >= 4 is 17.8 Å². The molecular weight excluding hydrogens is 576 g/mol. The SMILES string of the molecule is CC/C=C\C/C=C\C(/C=C\CCCCCC(=O)NC(CCCN)C(=O)O)OC(=O)CCCCCCC/C=C\CCCCCCCC. The smallest absolute Gasteiger partial charge is 0.326 e. The zero-order valence-corrected chi connectivity index (χ0v) is 29.4. The number of allylic oxidation sites excluding steroid dienone is 6. The standard InChI is InChI=1S/C39H68N2O5/c1-3-5-7-9-10-11-12-13-14-15-16-17-18-23-27-33-38(43)46-35(29-24-20-8-6-4-2)30-25-21-19-22-26-32-37(42)41-36(39(44)45)31-28-34-40/h6,8,13-14,24-25,29-30,35-36H,3-5,7,9-12,15-23,26-28,31-34,40H2,1-2H3,(H,41,42)(H,44,45)/b8-6-,14-13-,29-24-,30-25-. The van der Waals surface area contributed by atoms with E-state index in [0.717, 1.165) is 57.8 Å². The number of ether oxygens (including phenoxy) is 1. The number of aliphatic carboxylic acids is 1. The molecule has 0 aromatic rings. The van der Waals surface area contributed by atoms with Crippen LogP contribution in [0.15, 0.2) is 48.6 Å². The zero-order chi connectivity index (χ0) is 33.9. The molecular formula is C39H68N2O5. The van der Waals surface area contributed by atoms with E-state index in [4.69, 9.17) is 10.5 Å². The molecule has 4 N–H and O–H groups in total. The Bertz CT molecular complexity index is 864. The van der Waals surface area contributed by atoms with Crippen molar-refractivity contribution in [1.82, 2.24) is 5.32 Å². The maximum atomic E-state index is 12.5. The van der Waals surface area contributed by atoms with Gasteiger partial charge in [0.05, 0.1) is 0 Å². The summed E-state index contributed by atoms with van der Waals surface area (Å²) in [5.41, 5.74) is 5.45. The summed E-state index contributed by atoms with van der Waals surface area (Å²) in [6.45, 7) is 4.76. The van der Waals surface area contributed by atoms with Crippen molar-refractivity contribution in [3.63, 3.8) is 0 Å². The van der Waals surface area contributed by atoms with Gasteiger partial charge in [0.1, 0.15) is 12.1 Å². The third-order valence-electron chi connectivity index (χ3n) is 7.84. The van der Waals surface area contributed by atoms with E-state index < -0.39 is 12.0 Å². The number of nitrogens with two attached hydrogens (primary N) is 1. The van der Waals surface area contributed by atoms with Gasteiger partial charge in [0.15, 0.2) is 0 Å². The number of hydrogen-bond acceptors (Lipinski definition) is 5. The second-order valence-corrected chi connectivity index (χ2v) is 12.2. The molecule has 0 spiro atoms. The summed E-state index contributed by atoms with van der Waals surface area (Å²) in [7, 11) is 0. The summed E-state index contributed by atoms with van der Waals surface area (Å²) in [5, 5.41) is 11.8. The van der Waals surface area contributed by atoms with E-state index in [1.807, 2.05) is 24.3 Å². The molecule has 46 heavy (non-hydrogen) atoms. The van der Waals surface area contributed by atoms with Crippen molar-refractivity contribution in [2.45, 2.75) is 174 Å². The first-order valence-electron chi connectivity index (χ1n) is 18.5. The average Bonchev–Trinajstić information content (AvgIpc) is 3.03. The fourth-order valence-electron chi connectivity index (χ4n) is 5.05. The van der Waals surface area contributed by atoms with Crippen LogP contribution in [-0.2, 0) is 19.1 Å². The number of nitrogens with one attached hydrogen (secondary N) is 1. The van der Waals surface area contributed by atoms with E-state index in [1.54, 1.807) is 0 Å². The minimum Gasteiger partial charge on any atom is -0.480 e. The van der Waals surface area contributed by atoms with Crippen LogP contribution >= 0.6 is 0 Å². The maximum absolute atomic E-state index is 12.5. The molecule has 0 bridgehead atoms. The minimum absolute atomic E-state index is 0.154. The van der Waals surface area contributed by atoms with Crippen LogP contribution in [-0.4, -0.2) is 41.6 Å². The van der Waals surface area contributed by atoms with Gasteiger partial charge in [-0.1, -0.05) is 108 Å². The van der Waals surface area contributed by atoms with E-state index in [0.29, 0.717) is 38.6 Å². The summed E-state index contributed by atoms with van der Waals surface area (Å²) in [5.74, 6) is -1.41. The lowest BCUT2D eigenvalue weighted by Crippen LogP contribution is -2.40. The highest BCUT2D eigenvalue weighted by atomic mass is 16.5. The molecule has 2 unspecified atom stereocenters. The number of carboxylic acid groups (broad SMARTS) is 1. The highest BCUT2D eigenvalue weighted by Crippen LogP contribution is 2.12. The molecule has 0 radical (unpaired) electrons. The highest BCUT2D eigenvalue weighted by molar-refractivity contribution is 5.83. The lowest BCUT2D eigenvalue weighted by Gasteiger charge is -2.13. The average molecular weight is 645 g/mol. The maximum Gasteiger partial charge on any atom is 0.326 e. The Morgan fingerprint density at radius 3 is 1.87 bits per heavy atom. The molecule has 1 amide bonds. The van der Waals surface area contributed by atoms with Gasteiger partial charge in [0, 0.05) is 12.8 Å². The van der Waals surface area contributed by atoms with Crippen molar-refractivity contribution in [1.29, 1.82) is 0 Å². The Labute approximate surface area is 281 Å². The molecule has 7 heteroatoms. The van der Waals surface area contributed by atoms with Crippen LogP contribution in [0.3, 0.4) is 0 Å². The second-order valence-electron chi connectivity index (χ2n) is 12.2. The lowest BCUT2D eigenvalue weighted by atomic mass is 10.1. The minimum atomic E-state index is -1.02. The Kier molecular flexibility index (Phi) is 31.7. The molecule has 0 saturated heterocycles. The lowest BCUT2D eigenvalue weighted by molar-refractivity contribution is -0.145. The second kappa shape index (κ2) is 33.7. The zero-order valence-electron chi connectivity index (χ0n) is 29.4. The fraction of sp³-hybridized carbons (Fsp3) is 0.718. The summed E-state index contributed by atoms with van der Waals surface area (Å²) in [6, 6.07) is -0.874. The third-order valence-corrected chi connectivity index (χ3v) is 7.84. The van der Waals surface area contributed by atoms with Gasteiger partial charge < -0.3 is 20.9 Å². The summed E-state index contributed by atoms with van der Waals surface area (Å²) >= 11 is 0. The van der Waals surface area contributed by atoms with Crippen LogP contribution in [0.25, 0.3) is 0 Å². The Balaban J connectivity index is 4.25. The predicted octanol–water partition coefficient (Wildman–Crippen LogP) is 9.66. The van der Waals surface area contributed by atoms with Crippen molar-refractivity contribution < 1.29 is 24.2 Å². The van der Waals surface area contributed by atoms with Crippen LogP contribution in [0.5, 0.6) is 0 Å². The van der Waals surface area contributed by atoms with E-state index >= 15 is 0 Å². The van der Waals surface area contributed by atoms with E-state index in [2.05, 4.69) is 43.5 Å². The number of rotatable bonds is 32. The van der Waals surface area contributed by atoms with Gasteiger partial charge in [0.25, 0.3) is 0 Å². The number of hydrogen-bond donors (Lipinski definition) is 3. The predicted molar refractivity (Wildman–Crippen MR) is 193 cm³/mol. The largest absolute Gasteiger partial charge is 0.480 e. The van der Waals surface area contributed by atoms with E-state index in [9.17, 15) is 19.5 Å². The first-order chi connectivity index (χ1) is 22.4. The van der Waals surface area contributed by atoms with Gasteiger partial charge in [0.2, 0.25) is 5.91 Å². The highest BCUT2D eigenvalue weighted by Gasteiger charge is 2.18. The van der Waals surface area contributed by atoms with Crippen molar-refractivity contribution in [2.75, 3.05) is 6.54 Å². The number of esters is 1. The Morgan fingerprint density at radius 2 is 1.24 bits per heavy atom. The van der Waals surface area contributed by atoms with Gasteiger partial charge in [-0.2, -0.15) is 0 Å². The first-order valence-corrected chi connectivity index (χ1v) is 18.5. The number of amides is 1. The monoisotopic (exact) mass is 645 g/mol.